The van der Waals surface area contributed by atoms with Crippen molar-refractivity contribution in [2.24, 2.45) is 17.3 Å². The van der Waals surface area contributed by atoms with E-state index < -0.39 is 5.97 Å². The number of carboxylic acid groups (broad SMARTS) is 1. The molecular weight excluding hydrogens is 564 g/mol. The molecule has 8 rings (SSSR count). The van der Waals surface area contributed by atoms with E-state index in [2.05, 4.69) is 48.2 Å². The number of carbonyl (C=O) groups is 2. The molecular formula is C38H46N2O5. The van der Waals surface area contributed by atoms with Gasteiger partial charge in [-0.3, -0.25) is 9.59 Å². The summed E-state index contributed by atoms with van der Waals surface area (Å²) in [6, 6.07) is 15.0. The molecule has 2 bridgehead atoms. The number of rotatable bonds is 10. The molecule has 0 spiro atoms. The zero-order valence-electron chi connectivity index (χ0n) is 26.7. The summed E-state index contributed by atoms with van der Waals surface area (Å²) in [7, 11) is 1.73. The molecule has 7 heteroatoms. The number of carbonyl (C=O) groups excluding carboxylic acids is 1. The maximum atomic E-state index is 14.5. The molecule has 0 unspecified atom stereocenters. The third-order valence-electron chi connectivity index (χ3n) is 11.7. The second-order valence-electron chi connectivity index (χ2n) is 14.6. The number of carboxylic acids is 1. The summed E-state index contributed by atoms with van der Waals surface area (Å²) in [5, 5.41) is 9.31. The third-order valence-corrected chi connectivity index (χ3v) is 11.7. The summed E-state index contributed by atoms with van der Waals surface area (Å²) in [6.45, 7) is 2.86. The number of aromatic nitrogens is 1. The van der Waals surface area contributed by atoms with Gasteiger partial charge in [-0.05, 0) is 130 Å². The number of hydrogen-bond donors (Lipinski definition) is 1. The predicted octanol–water partition coefficient (Wildman–Crippen LogP) is 8.44. The smallest absolute Gasteiger partial charge is 0.303 e. The van der Waals surface area contributed by atoms with Crippen LogP contribution in [-0.2, 0) is 15.0 Å². The highest BCUT2D eigenvalue weighted by Gasteiger charge is 2.50. The van der Waals surface area contributed by atoms with E-state index in [0.29, 0.717) is 5.92 Å². The van der Waals surface area contributed by atoms with Crippen LogP contribution in [0.2, 0.25) is 0 Å². The van der Waals surface area contributed by atoms with Gasteiger partial charge in [-0.1, -0.05) is 24.3 Å². The lowest BCUT2D eigenvalue weighted by molar-refractivity contribution is -0.138. The van der Waals surface area contributed by atoms with E-state index in [1.807, 2.05) is 6.07 Å². The van der Waals surface area contributed by atoms with Crippen molar-refractivity contribution in [1.82, 2.24) is 4.98 Å². The normalized spacial score (nSPS) is 27.7. The van der Waals surface area contributed by atoms with Gasteiger partial charge in [0, 0.05) is 36.1 Å². The summed E-state index contributed by atoms with van der Waals surface area (Å²) in [4.78, 5) is 32.7. The summed E-state index contributed by atoms with van der Waals surface area (Å²) in [5.41, 5.74) is 5.68. The molecule has 5 aliphatic carbocycles. The lowest BCUT2D eigenvalue weighted by Crippen LogP contribution is -2.51. The first-order valence-electron chi connectivity index (χ1n) is 17.0. The van der Waals surface area contributed by atoms with E-state index in [1.165, 1.54) is 11.1 Å². The summed E-state index contributed by atoms with van der Waals surface area (Å²) in [5.74, 6) is 1.76. The molecule has 1 aromatic heterocycles. The molecule has 0 aliphatic heterocycles. The zero-order valence-corrected chi connectivity index (χ0v) is 26.7. The first-order chi connectivity index (χ1) is 21.8. The van der Waals surface area contributed by atoms with Gasteiger partial charge < -0.3 is 19.2 Å². The lowest BCUT2D eigenvalue weighted by Gasteiger charge is -2.55. The molecule has 238 valence electrons. The van der Waals surface area contributed by atoms with Crippen molar-refractivity contribution in [2.75, 3.05) is 18.6 Å². The minimum Gasteiger partial charge on any atom is -0.496 e. The van der Waals surface area contributed by atoms with Crippen LogP contribution in [-0.4, -0.2) is 35.6 Å². The number of oxazole rings is 1. The topological polar surface area (TPSA) is 92.9 Å². The van der Waals surface area contributed by atoms with Gasteiger partial charge in [0.15, 0.2) is 5.89 Å². The summed E-state index contributed by atoms with van der Waals surface area (Å²) < 4.78 is 11.3. The number of anilines is 1. The number of benzene rings is 2. The maximum absolute atomic E-state index is 14.5. The second kappa shape index (κ2) is 12.0. The van der Waals surface area contributed by atoms with Crippen molar-refractivity contribution in [3.05, 3.63) is 65.7 Å². The van der Waals surface area contributed by atoms with E-state index in [4.69, 9.17) is 14.1 Å². The van der Waals surface area contributed by atoms with Crippen LogP contribution in [0.25, 0.3) is 11.3 Å². The number of ether oxygens (including phenoxy) is 1. The van der Waals surface area contributed by atoms with Crippen molar-refractivity contribution in [3.63, 3.8) is 0 Å². The number of hydrogen-bond acceptors (Lipinski definition) is 5. The Labute approximate surface area is 266 Å². The van der Waals surface area contributed by atoms with Crippen LogP contribution in [0.15, 0.2) is 53.1 Å². The Balaban J connectivity index is 1.13. The molecule has 45 heavy (non-hydrogen) atoms. The monoisotopic (exact) mass is 610 g/mol. The molecule has 2 aromatic carbocycles. The minimum atomic E-state index is -0.740. The fraction of sp³-hybridized carbons (Fsp3) is 0.553. The van der Waals surface area contributed by atoms with Crippen LogP contribution in [0.3, 0.4) is 0 Å². The van der Waals surface area contributed by atoms with Crippen LogP contribution >= 0.6 is 0 Å². The Morgan fingerprint density at radius 2 is 1.71 bits per heavy atom. The molecule has 0 saturated heterocycles. The molecule has 5 saturated carbocycles. The van der Waals surface area contributed by atoms with Gasteiger partial charge in [0.2, 0.25) is 5.91 Å². The highest BCUT2D eigenvalue weighted by Crippen LogP contribution is 2.58. The number of methoxy groups -OCH3 is 1. The van der Waals surface area contributed by atoms with Crippen molar-refractivity contribution < 1.29 is 23.8 Å². The van der Waals surface area contributed by atoms with E-state index in [0.717, 1.165) is 112 Å². The predicted molar refractivity (Wildman–Crippen MR) is 174 cm³/mol. The van der Waals surface area contributed by atoms with Gasteiger partial charge in [-0.25, -0.2) is 4.98 Å². The standard InChI is InChI=1S/C38H46N2O5/c1-25-20-30(12-13-33(25)44-2)38-17-14-37(15-18-38,16-19-38)24-40(36(43)28-8-6-26(7-9-28)21-34(41)42)31-5-3-4-29(22-31)32-23-45-35(39-32)27-10-11-27/h3-5,12-13,20,22-23,26-28H,6-11,14-19,21,24H2,1-2H3,(H,41,42). The Morgan fingerprint density at radius 1 is 0.978 bits per heavy atom. The molecule has 7 nitrogen and oxygen atoms in total. The minimum absolute atomic E-state index is 0.0721. The van der Waals surface area contributed by atoms with E-state index in [9.17, 15) is 14.7 Å². The van der Waals surface area contributed by atoms with Gasteiger partial charge >= 0.3 is 5.97 Å². The number of nitrogens with zero attached hydrogens (tertiary/aromatic N) is 2. The number of fused-ring (bicyclic) bond motifs is 3. The highest BCUT2D eigenvalue weighted by atomic mass is 16.5. The van der Waals surface area contributed by atoms with E-state index >= 15 is 0 Å². The quantitative estimate of drug-likeness (QED) is 0.248. The molecule has 5 aliphatic rings. The molecule has 0 radical (unpaired) electrons. The van der Waals surface area contributed by atoms with E-state index in [1.54, 1.807) is 13.4 Å². The van der Waals surface area contributed by atoms with Gasteiger partial charge in [0.05, 0.1) is 7.11 Å². The molecule has 3 aromatic rings. The Kier molecular flexibility index (Phi) is 7.99. The summed E-state index contributed by atoms with van der Waals surface area (Å²) >= 11 is 0. The van der Waals surface area contributed by atoms with Crippen molar-refractivity contribution >= 4 is 17.6 Å². The molecule has 1 N–H and O–H groups in total. The van der Waals surface area contributed by atoms with Crippen LogP contribution in [0.4, 0.5) is 5.69 Å². The highest BCUT2D eigenvalue weighted by molar-refractivity contribution is 5.95. The Morgan fingerprint density at radius 3 is 2.36 bits per heavy atom. The number of amides is 1. The van der Waals surface area contributed by atoms with Crippen molar-refractivity contribution in [2.45, 2.75) is 102 Å². The first kappa shape index (κ1) is 30.1. The fourth-order valence-corrected chi connectivity index (χ4v) is 8.63. The van der Waals surface area contributed by atoms with Crippen molar-refractivity contribution in [1.29, 1.82) is 0 Å². The molecule has 5 fully saturated rings. The number of aryl methyl sites for hydroxylation is 1. The average molecular weight is 611 g/mol. The summed E-state index contributed by atoms with van der Waals surface area (Å²) in [6.07, 6.45) is 14.1. The zero-order chi connectivity index (χ0) is 31.2. The van der Waals surface area contributed by atoms with Crippen LogP contribution in [0, 0.1) is 24.2 Å². The first-order valence-corrected chi connectivity index (χ1v) is 17.0. The Hall–Kier alpha value is -3.61. The second-order valence-corrected chi connectivity index (χ2v) is 14.6. The number of aliphatic carboxylic acids is 1. The van der Waals surface area contributed by atoms with E-state index in [-0.39, 0.29) is 35.0 Å². The van der Waals surface area contributed by atoms with Crippen molar-refractivity contribution in [3.8, 4) is 17.0 Å². The third kappa shape index (κ3) is 6.03. The molecule has 1 amide bonds. The van der Waals surface area contributed by atoms with Crippen LogP contribution in [0.1, 0.15) is 106 Å². The fourth-order valence-electron chi connectivity index (χ4n) is 8.63. The Bertz CT molecular complexity index is 1540. The molecule has 0 atom stereocenters. The van der Waals surface area contributed by atoms with Gasteiger partial charge in [-0.15, -0.1) is 0 Å². The largest absolute Gasteiger partial charge is 0.496 e. The average Bonchev–Trinajstić information content (AvgIpc) is 3.80. The SMILES string of the molecule is COc1ccc(C23CCC(CN(C(=O)C4CCC(CC(=O)O)CC4)c4cccc(-c5coc(C6CC6)n5)c4)(CC2)CC3)cc1C. The maximum Gasteiger partial charge on any atom is 0.303 e. The lowest BCUT2D eigenvalue weighted by atomic mass is 9.51. The van der Waals surface area contributed by atoms with Gasteiger partial charge in [0.25, 0.3) is 0 Å². The van der Waals surface area contributed by atoms with Gasteiger partial charge in [0.1, 0.15) is 17.7 Å². The van der Waals surface area contributed by atoms with Crippen LogP contribution in [0.5, 0.6) is 5.75 Å². The molecule has 1 heterocycles. The van der Waals surface area contributed by atoms with Gasteiger partial charge in [-0.2, -0.15) is 0 Å². The van der Waals surface area contributed by atoms with Crippen LogP contribution < -0.4 is 9.64 Å².